The fourth-order valence-electron chi connectivity index (χ4n) is 2.36. The van der Waals surface area contributed by atoms with Gasteiger partial charge in [-0.05, 0) is 25.9 Å². The average molecular weight is 235 g/mol. The Morgan fingerprint density at radius 1 is 1.41 bits per heavy atom. The van der Waals surface area contributed by atoms with E-state index in [1.807, 2.05) is 13.1 Å². The summed E-state index contributed by atoms with van der Waals surface area (Å²) < 4.78 is 0. The molecule has 1 unspecified atom stereocenters. The Labute approximate surface area is 103 Å². The van der Waals surface area contributed by atoms with Gasteiger partial charge in [0.2, 0.25) is 0 Å². The molecule has 5 nitrogen and oxygen atoms in total. The van der Waals surface area contributed by atoms with E-state index in [-0.39, 0.29) is 0 Å². The molecule has 0 aliphatic carbocycles. The second kappa shape index (κ2) is 5.82. The third-order valence-electron chi connectivity index (χ3n) is 3.35. The fraction of sp³-hybridized carbons (Fsp3) is 0.667. The minimum Gasteiger partial charge on any atom is -0.373 e. The summed E-state index contributed by atoms with van der Waals surface area (Å²) in [6.45, 7) is 5.56. The van der Waals surface area contributed by atoms with Crippen LogP contribution in [0.15, 0.2) is 12.4 Å². The van der Waals surface area contributed by atoms with Crippen molar-refractivity contribution in [2.45, 2.75) is 25.8 Å². The Morgan fingerprint density at radius 2 is 2.24 bits per heavy atom. The maximum absolute atomic E-state index is 4.22. The molecule has 1 aromatic rings. The zero-order valence-electron chi connectivity index (χ0n) is 10.6. The van der Waals surface area contributed by atoms with Crippen LogP contribution in [0, 0.1) is 0 Å². The fourth-order valence-corrected chi connectivity index (χ4v) is 2.36. The van der Waals surface area contributed by atoms with Gasteiger partial charge in [-0.1, -0.05) is 6.92 Å². The molecule has 2 rings (SSSR count). The first kappa shape index (κ1) is 12.1. The van der Waals surface area contributed by atoms with E-state index >= 15 is 0 Å². The van der Waals surface area contributed by atoms with Gasteiger partial charge in [0, 0.05) is 25.7 Å². The summed E-state index contributed by atoms with van der Waals surface area (Å²) >= 11 is 0. The Morgan fingerprint density at radius 3 is 3.00 bits per heavy atom. The summed E-state index contributed by atoms with van der Waals surface area (Å²) in [5, 5.41) is 6.41. The van der Waals surface area contributed by atoms with Crippen LogP contribution in [-0.4, -0.2) is 47.6 Å². The second-order valence-electron chi connectivity index (χ2n) is 4.34. The van der Waals surface area contributed by atoms with Crippen LogP contribution >= 0.6 is 0 Å². The lowest BCUT2D eigenvalue weighted by Gasteiger charge is -2.23. The Hall–Kier alpha value is -1.36. The van der Waals surface area contributed by atoms with Crippen molar-refractivity contribution in [2.75, 3.05) is 37.3 Å². The van der Waals surface area contributed by atoms with E-state index in [2.05, 4.69) is 32.4 Å². The Balaban J connectivity index is 1.88. The van der Waals surface area contributed by atoms with E-state index < -0.39 is 0 Å². The standard InChI is InChI=1S/C12H21N5/c1-3-17-6-4-5-10(17)8-14-12-7-11(13-2)15-9-16-12/h7,9-10H,3-6,8H2,1-2H3,(H2,13,14,15,16). The molecule has 0 saturated carbocycles. The van der Waals surface area contributed by atoms with E-state index in [4.69, 9.17) is 0 Å². The summed E-state index contributed by atoms with van der Waals surface area (Å²) in [6, 6.07) is 2.58. The predicted molar refractivity (Wildman–Crippen MR) is 70.3 cm³/mol. The molecule has 2 N–H and O–H groups in total. The third kappa shape index (κ3) is 3.06. The zero-order valence-corrected chi connectivity index (χ0v) is 10.6. The number of rotatable bonds is 5. The van der Waals surface area contributed by atoms with E-state index in [0.717, 1.165) is 24.7 Å². The predicted octanol–water partition coefficient (Wildman–Crippen LogP) is 1.41. The van der Waals surface area contributed by atoms with Crippen LogP contribution in [0.1, 0.15) is 19.8 Å². The lowest BCUT2D eigenvalue weighted by Crippen LogP contribution is -2.34. The molecule has 0 amide bonds. The molecule has 17 heavy (non-hydrogen) atoms. The summed E-state index contributed by atoms with van der Waals surface area (Å²) in [6.07, 6.45) is 4.18. The summed E-state index contributed by atoms with van der Waals surface area (Å²) in [5.41, 5.74) is 0. The van der Waals surface area contributed by atoms with Crippen molar-refractivity contribution in [1.82, 2.24) is 14.9 Å². The van der Waals surface area contributed by atoms with Gasteiger partial charge in [-0.25, -0.2) is 9.97 Å². The van der Waals surface area contributed by atoms with Crippen LogP contribution in [0.5, 0.6) is 0 Å². The summed E-state index contributed by atoms with van der Waals surface area (Å²) in [7, 11) is 1.86. The van der Waals surface area contributed by atoms with Crippen molar-refractivity contribution in [3.63, 3.8) is 0 Å². The van der Waals surface area contributed by atoms with Crippen molar-refractivity contribution in [3.05, 3.63) is 12.4 Å². The lowest BCUT2D eigenvalue weighted by molar-refractivity contribution is 0.277. The van der Waals surface area contributed by atoms with Gasteiger partial charge in [-0.15, -0.1) is 0 Å². The first-order chi connectivity index (χ1) is 8.33. The maximum Gasteiger partial charge on any atom is 0.131 e. The van der Waals surface area contributed by atoms with Crippen molar-refractivity contribution in [2.24, 2.45) is 0 Å². The van der Waals surface area contributed by atoms with Crippen LogP contribution in [-0.2, 0) is 0 Å². The van der Waals surface area contributed by atoms with Crippen LogP contribution in [0.2, 0.25) is 0 Å². The number of nitrogens with one attached hydrogen (secondary N) is 2. The number of likely N-dealkylation sites (N-methyl/N-ethyl adjacent to an activating group) is 1. The van der Waals surface area contributed by atoms with Gasteiger partial charge in [0.1, 0.15) is 18.0 Å². The van der Waals surface area contributed by atoms with E-state index in [0.29, 0.717) is 6.04 Å². The van der Waals surface area contributed by atoms with Crippen molar-refractivity contribution >= 4 is 11.6 Å². The van der Waals surface area contributed by atoms with Crippen LogP contribution in [0.3, 0.4) is 0 Å². The van der Waals surface area contributed by atoms with Crippen LogP contribution < -0.4 is 10.6 Å². The summed E-state index contributed by atoms with van der Waals surface area (Å²) in [5.74, 6) is 1.74. The van der Waals surface area contributed by atoms with E-state index in [1.165, 1.54) is 19.4 Å². The lowest BCUT2D eigenvalue weighted by atomic mass is 10.2. The number of nitrogens with zero attached hydrogens (tertiary/aromatic N) is 3. The largest absolute Gasteiger partial charge is 0.373 e. The highest BCUT2D eigenvalue weighted by atomic mass is 15.2. The maximum atomic E-state index is 4.22. The van der Waals surface area contributed by atoms with Crippen molar-refractivity contribution < 1.29 is 0 Å². The van der Waals surface area contributed by atoms with Gasteiger partial charge in [0.05, 0.1) is 0 Å². The minimum absolute atomic E-state index is 0.646. The van der Waals surface area contributed by atoms with Gasteiger partial charge < -0.3 is 10.6 Å². The molecule has 5 heteroatoms. The zero-order chi connectivity index (χ0) is 12.1. The SMILES string of the molecule is CCN1CCCC1CNc1cc(NC)ncn1. The first-order valence-corrected chi connectivity index (χ1v) is 6.31. The third-order valence-corrected chi connectivity index (χ3v) is 3.35. The van der Waals surface area contributed by atoms with E-state index in [1.54, 1.807) is 6.33 Å². The highest BCUT2D eigenvalue weighted by Gasteiger charge is 2.22. The second-order valence-corrected chi connectivity index (χ2v) is 4.34. The van der Waals surface area contributed by atoms with Crippen LogP contribution in [0.25, 0.3) is 0 Å². The molecule has 1 aliphatic heterocycles. The van der Waals surface area contributed by atoms with Gasteiger partial charge in [0.25, 0.3) is 0 Å². The number of hydrogen-bond donors (Lipinski definition) is 2. The Bertz CT molecular complexity index is 355. The highest BCUT2D eigenvalue weighted by Crippen LogP contribution is 2.17. The van der Waals surface area contributed by atoms with Gasteiger partial charge in [-0.3, -0.25) is 4.90 Å². The van der Waals surface area contributed by atoms with Crippen molar-refractivity contribution in [3.8, 4) is 0 Å². The first-order valence-electron chi connectivity index (χ1n) is 6.31. The molecule has 0 spiro atoms. The molecule has 0 radical (unpaired) electrons. The summed E-state index contributed by atoms with van der Waals surface area (Å²) in [4.78, 5) is 10.8. The number of hydrogen-bond acceptors (Lipinski definition) is 5. The average Bonchev–Trinajstić information content (AvgIpc) is 2.84. The number of aromatic nitrogens is 2. The molecule has 0 bridgehead atoms. The topological polar surface area (TPSA) is 53.1 Å². The van der Waals surface area contributed by atoms with Crippen molar-refractivity contribution in [1.29, 1.82) is 0 Å². The van der Waals surface area contributed by atoms with Gasteiger partial charge >= 0.3 is 0 Å². The van der Waals surface area contributed by atoms with Gasteiger partial charge in [0.15, 0.2) is 0 Å². The normalized spacial score (nSPS) is 20.5. The molecule has 1 aromatic heterocycles. The minimum atomic E-state index is 0.646. The molecule has 1 aliphatic rings. The smallest absolute Gasteiger partial charge is 0.131 e. The molecule has 0 aromatic carbocycles. The Kier molecular flexibility index (Phi) is 4.14. The molecular formula is C12H21N5. The molecule has 2 heterocycles. The number of anilines is 2. The monoisotopic (exact) mass is 235 g/mol. The molecule has 1 fully saturated rings. The quantitative estimate of drug-likeness (QED) is 0.808. The molecule has 1 atom stereocenters. The molecular weight excluding hydrogens is 214 g/mol. The highest BCUT2D eigenvalue weighted by molar-refractivity contribution is 5.45. The molecule has 94 valence electrons. The molecule has 1 saturated heterocycles. The number of likely N-dealkylation sites (tertiary alicyclic amines) is 1. The van der Waals surface area contributed by atoms with Gasteiger partial charge in [-0.2, -0.15) is 0 Å². The van der Waals surface area contributed by atoms with E-state index in [9.17, 15) is 0 Å². The van der Waals surface area contributed by atoms with Crippen LogP contribution in [0.4, 0.5) is 11.6 Å².